The topological polar surface area (TPSA) is 41.5 Å². The van der Waals surface area contributed by atoms with Crippen LogP contribution in [0.1, 0.15) is 38.5 Å². The first-order valence-corrected chi connectivity index (χ1v) is 6.88. The molecule has 3 nitrogen and oxygen atoms in total. The number of rotatable bonds is 2. The fourth-order valence-corrected chi connectivity index (χ4v) is 2.96. The van der Waals surface area contributed by atoms with Gasteiger partial charge in [-0.15, -0.1) is 0 Å². The van der Waals surface area contributed by atoms with E-state index in [1.807, 2.05) is 24.3 Å². The summed E-state index contributed by atoms with van der Waals surface area (Å²) in [5.41, 5.74) is 5.65. The van der Waals surface area contributed by atoms with Gasteiger partial charge in [0.15, 0.2) is 5.78 Å². The van der Waals surface area contributed by atoms with Gasteiger partial charge in [-0.3, -0.25) is 10.2 Å². The van der Waals surface area contributed by atoms with Crippen LogP contribution in [0, 0.1) is 5.41 Å². The third kappa shape index (κ3) is 2.58. The van der Waals surface area contributed by atoms with Crippen LogP contribution in [-0.2, 0) is 4.79 Å². The van der Waals surface area contributed by atoms with Crippen molar-refractivity contribution in [1.82, 2.24) is 0 Å². The molecule has 19 heavy (non-hydrogen) atoms. The van der Waals surface area contributed by atoms with E-state index in [-0.39, 0.29) is 5.78 Å². The molecule has 1 N–H and O–H groups in total. The normalized spacial score (nSPS) is 23.4. The Labute approximate surface area is 114 Å². The van der Waals surface area contributed by atoms with Crippen LogP contribution >= 0.6 is 0 Å². The molecule has 4 heteroatoms. The largest absolute Gasteiger partial charge is 0.293 e. The highest BCUT2D eigenvalue weighted by Gasteiger charge is 2.42. The lowest BCUT2D eigenvalue weighted by Crippen LogP contribution is -2.39. The zero-order valence-corrected chi connectivity index (χ0v) is 11.0. The van der Waals surface area contributed by atoms with Crippen LogP contribution in [0.3, 0.4) is 0 Å². The van der Waals surface area contributed by atoms with Crippen LogP contribution < -0.4 is 10.9 Å². The van der Waals surface area contributed by atoms with Gasteiger partial charge < -0.3 is 0 Å². The third-order valence-corrected chi connectivity index (χ3v) is 4.39. The van der Waals surface area contributed by atoms with Crippen molar-refractivity contribution in [3.63, 3.8) is 0 Å². The molecule has 2 aliphatic carbocycles. The predicted molar refractivity (Wildman–Crippen MR) is 78.0 cm³/mol. The number of nitrogens with one attached hydrogen (secondary N) is 1. The number of carbonyl (C=O) groups is 1. The second kappa shape index (κ2) is 4.84. The Bertz CT molecular complexity index is 517. The van der Waals surface area contributed by atoms with Gasteiger partial charge in [0.2, 0.25) is 0 Å². The molecule has 0 atom stereocenters. The zero-order chi connectivity index (χ0) is 13.3. The summed E-state index contributed by atoms with van der Waals surface area (Å²) in [6.45, 7) is 0. The summed E-state index contributed by atoms with van der Waals surface area (Å²) in [6, 6.07) is 7.37. The number of Topliss-reactive ketones (excluding diaryl/α,β-unsaturated/α-hetero) is 1. The monoisotopic (exact) mass is 252 g/mol. The lowest BCUT2D eigenvalue weighted by atomic mass is 9.60. The Hall–Kier alpha value is -1.58. The molecule has 2 fully saturated rings. The van der Waals surface area contributed by atoms with Crippen molar-refractivity contribution in [3.05, 3.63) is 24.3 Å². The fraction of sp³-hybridized carbons (Fsp3) is 0.467. The van der Waals surface area contributed by atoms with E-state index in [9.17, 15) is 4.79 Å². The molecule has 0 aromatic heterocycles. The molecule has 2 aliphatic rings. The van der Waals surface area contributed by atoms with Crippen molar-refractivity contribution in [1.29, 1.82) is 0 Å². The van der Waals surface area contributed by atoms with Crippen molar-refractivity contribution in [3.8, 4) is 0 Å². The molecule has 1 aromatic rings. The van der Waals surface area contributed by atoms with Crippen molar-refractivity contribution in [2.75, 3.05) is 5.43 Å². The average Bonchev–Trinajstić information content (AvgIpc) is 2.38. The highest BCUT2D eigenvalue weighted by atomic mass is 16.1. The number of anilines is 1. The van der Waals surface area contributed by atoms with Gasteiger partial charge in [-0.25, -0.2) is 0 Å². The Morgan fingerprint density at radius 1 is 1.16 bits per heavy atom. The summed E-state index contributed by atoms with van der Waals surface area (Å²) >= 11 is 0. The quantitative estimate of drug-likeness (QED) is 0.647. The van der Waals surface area contributed by atoms with Crippen molar-refractivity contribution < 1.29 is 4.79 Å². The highest BCUT2D eigenvalue weighted by Crippen LogP contribution is 2.50. The fourth-order valence-electron chi connectivity index (χ4n) is 2.96. The van der Waals surface area contributed by atoms with Gasteiger partial charge in [-0.2, -0.15) is 5.10 Å². The maximum absolute atomic E-state index is 11.9. The number of hydrogen-bond acceptors (Lipinski definition) is 3. The lowest BCUT2D eigenvalue weighted by Gasteiger charge is -2.44. The second-order valence-corrected chi connectivity index (χ2v) is 5.75. The van der Waals surface area contributed by atoms with Gasteiger partial charge in [-0.05, 0) is 36.8 Å². The second-order valence-electron chi connectivity index (χ2n) is 5.75. The van der Waals surface area contributed by atoms with Gasteiger partial charge in [0.05, 0.1) is 5.69 Å². The number of hydrogen-bond donors (Lipinski definition) is 1. The van der Waals surface area contributed by atoms with Crippen LogP contribution in [0.5, 0.6) is 0 Å². The standard InChI is InChI=1S/C15H17BN2O/c16-11-2-4-12(5-3-11)17-18-13-10-15(7-1-8-15)9-6-14(13)19/h2-5,17H,1,6-10H2/b18-13+. The van der Waals surface area contributed by atoms with Crippen molar-refractivity contribution >= 4 is 30.5 Å². The minimum atomic E-state index is 0.195. The first kappa shape index (κ1) is 12.5. The number of carbonyl (C=O) groups excluding carboxylic acids is 1. The number of hydrazone groups is 1. The molecule has 2 radical (unpaired) electrons. The summed E-state index contributed by atoms with van der Waals surface area (Å²) in [6.07, 6.45) is 6.35. The first-order valence-electron chi connectivity index (χ1n) is 6.88. The van der Waals surface area contributed by atoms with Gasteiger partial charge in [-0.1, -0.05) is 24.0 Å². The van der Waals surface area contributed by atoms with E-state index in [1.54, 1.807) is 0 Å². The third-order valence-electron chi connectivity index (χ3n) is 4.39. The number of benzene rings is 1. The van der Waals surface area contributed by atoms with Crippen LogP contribution in [0.15, 0.2) is 29.4 Å². The van der Waals surface area contributed by atoms with E-state index >= 15 is 0 Å². The maximum Gasteiger partial charge on any atom is 0.178 e. The summed E-state index contributed by atoms with van der Waals surface area (Å²) in [5, 5.41) is 4.32. The molecule has 0 saturated heterocycles. The van der Waals surface area contributed by atoms with E-state index in [4.69, 9.17) is 7.85 Å². The van der Waals surface area contributed by atoms with E-state index < -0.39 is 0 Å². The Kier molecular flexibility index (Phi) is 3.17. The summed E-state index contributed by atoms with van der Waals surface area (Å²) in [4.78, 5) is 11.9. The number of nitrogens with zero attached hydrogens (tertiary/aromatic N) is 1. The molecule has 2 saturated carbocycles. The summed E-state index contributed by atoms with van der Waals surface area (Å²) in [5.74, 6) is 0.195. The molecular weight excluding hydrogens is 235 g/mol. The minimum absolute atomic E-state index is 0.195. The molecule has 1 spiro atoms. The van der Waals surface area contributed by atoms with E-state index in [0.717, 1.165) is 24.0 Å². The van der Waals surface area contributed by atoms with E-state index in [0.29, 0.717) is 17.5 Å². The Balaban J connectivity index is 1.70. The average molecular weight is 252 g/mol. The van der Waals surface area contributed by atoms with Crippen molar-refractivity contribution in [2.24, 2.45) is 10.5 Å². The number of ketones is 1. The molecule has 0 unspecified atom stereocenters. The smallest absolute Gasteiger partial charge is 0.178 e. The van der Waals surface area contributed by atoms with Crippen LogP contribution in [0.2, 0.25) is 0 Å². The van der Waals surface area contributed by atoms with Crippen LogP contribution in [-0.4, -0.2) is 19.3 Å². The predicted octanol–water partition coefficient (Wildman–Crippen LogP) is 2.17. The van der Waals surface area contributed by atoms with Gasteiger partial charge in [0.25, 0.3) is 0 Å². The molecular formula is C15H17BN2O. The van der Waals surface area contributed by atoms with E-state index in [2.05, 4.69) is 10.5 Å². The summed E-state index contributed by atoms with van der Waals surface area (Å²) < 4.78 is 0. The maximum atomic E-state index is 11.9. The summed E-state index contributed by atoms with van der Waals surface area (Å²) in [7, 11) is 5.63. The molecule has 3 rings (SSSR count). The minimum Gasteiger partial charge on any atom is -0.293 e. The molecule has 0 heterocycles. The molecule has 96 valence electrons. The highest BCUT2D eigenvalue weighted by molar-refractivity contribution is 6.40. The molecule has 0 amide bonds. The van der Waals surface area contributed by atoms with E-state index in [1.165, 1.54) is 19.3 Å². The first-order chi connectivity index (χ1) is 9.17. The Morgan fingerprint density at radius 3 is 2.53 bits per heavy atom. The molecule has 1 aromatic carbocycles. The van der Waals surface area contributed by atoms with Crippen molar-refractivity contribution in [2.45, 2.75) is 38.5 Å². The van der Waals surface area contributed by atoms with Gasteiger partial charge in [0, 0.05) is 12.8 Å². The van der Waals surface area contributed by atoms with Gasteiger partial charge in [0.1, 0.15) is 13.6 Å². The van der Waals surface area contributed by atoms with Gasteiger partial charge >= 0.3 is 0 Å². The van der Waals surface area contributed by atoms with Crippen LogP contribution in [0.25, 0.3) is 0 Å². The zero-order valence-electron chi connectivity index (χ0n) is 11.0. The molecule has 0 aliphatic heterocycles. The van der Waals surface area contributed by atoms with Crippen LogP contribution in [0.4, 0.5) is 5.69 Å². The SMILES string of the molecule is [B]c1ccc(N/N=C2\CC3(CCC3)CCC2=O)cc1. The lowest BCUT2D eigenvalue weighted by molar-refractivity contribution is -0.115. The Morgan fingerprint density at radius 2 is 1.89 bits per heavy atom. The molecule has 0 bridgehead atoms.